The Balaban J connectivity index is 1.85. The van der Waals surface area contributed by atoms with Crippen molar-refractivity contribution in [3.8, 4) is 0 Å². The van der Waals surface area contributed by atoms with Crippen molar-refractivity contribution in [1.29, 1.82) is 0 Å². The van der Waals surface area contributed by atoms with Crippen molar-refractivity contribution >= 4 is 23.2 Å². The van der Waals surface area contributed by atoms with Crippen LogP contribution in [0.3, 0.4) is 0 Å². The van der Waals surface area contributed by atoms with Gasteiger partial charge in [-0.05, 0) is 29.8 Å². The maximum Gasteiger partial charge on any atom is 0.251 e. The molecule has 5 heteroatoms. The molecule has 1 atom stereocenters. The minimum absolute atomic E-state index is 0.115. The third kappa shape index (κ3) is 5.06. The number of carbonyl (C=O) groups is 1. The van der Waals surface area contributed by atoms with Gasteiger partial charge in [0.1, 0.15) is 0 Å². The molecule has 22 heavy (non-hydrogen) atoms. The molecule has 2 aromatic rings. The first-order valence-corrected chi connectivity index (χ1v) is 7.62. The van der Waals surface area contributed by atoms with Gasteiger partial charge in [0, 0.05) is 24.3 Å². The van der Waals surface area contributed by atoms with Gasteiger partial charge < -0.3 is 15.7 Å². The molecule has 1 unspecified atom stereocenters. The van der Waals surface area contributed by atoms with E-state index < -0.39 is 6.10 Å². The number of hydrogen-bond donors (Lipinski definition) is 3. The molecule has 0 aromatic heterocycles. The van der Waals surface area contributed by atoms with Crippen LogP contribution in [0.15, 0.2) is 54.6 Å². The van der Waals surface area contributed by atoms with Crippen LogP contribution in [0.1, 0.15) is 15.9 Å². The van der Waals surface area contributed by atoms with Crippen molar-refractivity contribution < 1.29 is 9.90 Å². The zero-order valence-corrected chi connectivity index (χ0v) is 12.9. The van der Waals surface area contributed by atoms with Crippen molar-refractivity contribution in [3.05, 3.63) is 65.7 Å². The van der Waals surface area contributed by atoms with E-state index >= 15 is 0 Å². The van der Waals surface area contributed by atoms with Crippen LogP contribution in [0.4, 0.5) is 5.69 Å². The van der Waals surface area contributed by atoms with Crippen LogP contribution < -0.4 is 10.6 Å². The molecule has 0 aliphatic rings. The molecule has 0 aliphatic heterocycles. The Bertz CT molecular complexity index is 587. The van der Waals surface area contributed by atoms with Gasteiger partial charge in [0.15, 0.2) is 0 Å². The molecule has 116 valence electrons. The number of nitrogens with one attached hydrogen (secondary N) is 2. The monoisotopic (exact) mass is 318 g/mol. The molecular formula is C17H19ClN2O2. The molecule has 0 aliphatic carbocycles. The van der Waals surface area contributed by atoms with Crippen molar-refractivity contribution in [2.75, 3.05) is 17.7 Å². The van der Waals surface area contributed by atoms with Crippen LogP contribution in [0.2, 0.25) is 0 Å². The Morgan fingerprint density at radius 3 is 2.41 bits per heavy atom. The predicted molar refractivity (Wildman–Crippen MR) is 89.3 cm³/mol. The van der Waals surface area contributed by atoms with Crippen molar-refractivity contribution in [3.63, 3.8) is 0 Å². The minimum Gasteiger partial charge on any atom is -0.390 e. The highest BCUT2D eigenvalue weighted by Gasteiger charge is 2.06. The van der Waals surface area contributed by atoms with Crippen LogP contribution in [0.25, 0.3) is 0 Å². The predicted octanol–water partition coefficient (Wildman–Crippen LogP) is 2.63. The van der Waals surface area contributed by atoms with Crippen LogP contribution >= 0.6 is 11.6 Å². The van der Waals surface area contributed by atoms with E-state index in [4.69, 9.17) is 11.6 Å². The van der Waals surface area contributed by atoms with Crippen molar-refractivity contribution in [2.24, 2.45) is 0 Å². The molecule has 0 saturated carbocycles. The number of hydrogen-bond acceptors (Lipinski definition) is 3. The van der Waals surface area contributed by atoms with Gasteiger partial charge in [0.2, 0.25) is 0 Å². The van der Waals surface area contributed by atoms with E-state index in [-0.39, 0.29) is 11.8 Å². The van der Waals surface area contributed by atoms with Crippen LogP contribution in [-0.4, -0.2) is 29.5 Å². The fourth-order valence-corrected chi connectivity index (χ4v) is 2.02. The van der Waals surface area contributed by atoms with E-state index in [1.807, 2.05) is 30.3 Å². The lowest BCUT2D eigenvalue weighted by atomic mass is 10.1. The second-order valence-corrected chi connectivity index (χ2v) is 5.24. The summed E-state index contributed by atoms with van der Waals surface area (Å²) < 4.78 is 0. The Morgan fingerprint density at radius 2 is 1.77 bits per heavy atom. The van der Waals surface area contributed by atoms with Crippen LogP contribution in [0.5, 0.6) is 0 Å². The van der Waals surface area contributed by atoms with Gasteiger partial charge in [-0.2, -0.15) is 0 Å². The number of halogens is 1. The molecule has 3 N–H and O–H groups in total. The van der Waals surface area contributed by atoms with Crippen molar-refractivity contribution in [2.45, 2.75) is 12.6 Å². The summed E-state index contributed by atoms with van der Waals surface area (Å²) in [7, 11) is 0. The SMILES string of the molecule is O=C(NCc1ccccc1)c1ccc(NCC(O)CCl)cc1. The summed E-state index contributed by atoms with van der Waals surface area (Å²) in [5, 5.41) is 15.3. The molecule has 1 amide bonds. The van der Waals surface area contributed by atoms with Crippen LogP contribution in [-0.2, 0) is 6.54 Å². The summed E-state index contributed by atoms with van der Waals surface area (Å²) in [5.41, 5.74) is 2.49. The van der Waals surface area contributed by atoms with E-state index in [0.29, 0.717) is 18.7 Å². The van der Waals surface area contributed by atoms with Crippen LogP contribution in [0, 0.1) is 0 Å². The third-order valence-electron chi connectivity index (χ3n) is 3.16. The highest BCUT2D eigenvalue weighted by Crippen LogP contribution is 2.10. The quantitative estimate of drug-likeness (QED) is 0.688. The maximum atomic E-state index is 12.1. The molecule has 0 bridgehead atoms. The van der Waals surface area contributed by atoms with Gasteiger partial charge in [-0.1, -0.05) is 30.3 Å². The second-order valence-electron chi connectivity index (χ2n) is 4.93. The summed E-state index contributed by atoms with van der Waals surface area (Å²) >= 11 is 5.53. The molecule has 0 radical (unpaired) electrons. The first-order chi connectivity index (χ1) is 10.7. The summed E-state index contributed by atoms with van der Waals surface area (Å²) in [4.78, 5) is 12.1. The topological polar surface area (TPSA) is 61.4 Å². The number of anilines is 1. The van der Waals surface area contributed by atoms with E-state index in [1.165, 1.54) is 0 Å². The second kappa shape index (κ2) is 8.41. The number of carbonyl (C=O) groups excluding carboxylic acids is 1. The maximum absolute atomic E-state index is 12.1. The molecule has 0 heterocycles. The summed E-state index contributed by atoms with van der Waals surface area (Å²) in [6, 6.07) is 16.9. The molecule has 2 aromatic carbocycles. The molecule has 0 saturated heterocycles. The Labute approximate surface area is 135 Å². The van der Waals surface area contributed by atoms with Gasteiger partial charge in [-0.25, -0.2) is 0 Å². The molecule has 4 nitrogen and oxygen atoms in total. The number of rotatable bonds is 7. The highest BCUT2D eigenvalue weighted by molar-refractivity contribution is 6.18. The lowest BCUT2D eigenvalue weighted by molar-refractivity contribution is 0.0951. The fraction of sp³-hybridized carbons (Fsp3) is 0.235. The third-order valence-corrected chi connectivity index (χ3v) is 3.52. The normalized spacial score (nSPS) is 11.7. The average Bonchev–Trinajstić information content (AvgIpc) is 2.59. The van der Waals surface area contributed by atoms with E-state index in [0.717, 1.165) is 11.3 Å². The summed E-state index contributed by atoms with van der Waals surface area (Å²) in [5.74, 6) is 0.0728. The molecular weight excluding hydrogens is 300 g/mol. The van der Waals surface area contributed by atoms with E-state index in [9.17, 15) is 9.90 Å². The Morgan fingerprint density at radius 1 is 1.09 bits per heavy atom. The zero-order valence-electron chi connectivity index (χ0n) is 12.1. The Hall–Kier alpha value is -2.04. The van der Waals surface area contributed by atoms with Gasteiger partial charge in [-0.15, -0.1) is 11.6 Å². The lowest BCUT2D eigenvalue weighted by Crippen LogP contribution is -2.23. The largest absolute Gasteiger partial charge is 0.390 e. The smallest absolute Gasteiger partial charge is 0.251 e. The van der Waals surface area contributed by atoms with Crippen molar-refractivity contribution in [1.82, 2.24) is 5.32 Å². The molecule has 2 rings (SSSR count). The first kappa shape index (κ1) is 16.3. The minimum atomic E-state index is -0.587. The average molecular weight is 319 g/mol. The summed E-state index contributed by atoms with van der Waals surface area (Å²) in [6.45, 7) is 0.880. The van der Waals surface area contributed by atoms with Gasteiger partial charge in [-0.3, -0.25) is 4.79 Å². The number of aliphatic hydroxyl groups excluding tert-OH is 1. The summed E-state index contributed by atoms with van der Waals surface area (Å²) in [6.07, 6.45) is -0.587. The Kier molecular flexibility index (Phi) is 6.25. The van der Waals surface area contributed by atoms with Gasteiger partial charge >= 0.3 is 0 Å². The zero-order chi connectivity index (χ0) is 15.8. The number of amides is 1. The fourth-order valence-electron chi connectivity index (χ4n) is 1.91. The molecule has 0 fully saturated rings. The standard InChI is InChI=1S/C17H19ClN2O2/c18-10-16(21)12-19-15-8-6-14(7-9-15)17(22)20-11-13-4-2-1-3-5-13/h1-9,16,19,21H,10-12H2,(H,20,22). The van der Waals surface area contributed by atoms with Gasteiger partial charge in [0.25, 0.3) is 5.91 Å². The highest BCUT2D eigenvalue weighted by atomic mass is 35.5. The number of alkyl halides is 1. The first-order valence-electron chi connectivity index (χ1n) is 7.09. The van der Waals surface area contributed by atoms with Gasteiger partial charge in [0.05, 0.1) is 12.0 Å². The van der Waals surface area contributed by atoms with E-state index in [1.54, 1.807) is 24.3 Å². The number of benzene rings is 2. The lowest BCUT2D eigenvalue weighted by Gasteiger charge is -2.10. The van der Waals surface area contributed by atoms with E-state index in [2.05, 4.69) is 10.6 Å². The number of aliphatic hydroxyl groups is 1. The molecule has 0 spiro atoms.